The lowest BCUT2D eigenvalue weighted by Crippen LogP contribution is -2.44. The monoisotopic (exact) mass is 356 g/mol. The minimum Gasteiger partial charge on any atom is -0.481 e. The number of halogens is 3. The van der Waals surface area contributed by atoms with Crippen molar-refractivity contribution in [3.63, 3.8) is 0 Å². The number of hydrogen-bond donors (Lipinski definition) is 2. The number of carbonyl (C=O) groups excluding carboxylic acids is 1. The molecule has 0 atom stereocenters. The molecule has 0 aromatic heterocycles. The third-order valence-electron chi connectivity index (χ3n) is 4.63. The van der Waals surface area contributed by atoms with Gasteiger partial charge in [0.05, 0.1) is 11.3 Å². The molecule has 0 aliphatic carbocycles. The minimum absolute atomic E-state index is 0.0389. The van der Waals surface area contributed by atoms with Gasteiger partial charge in [-0.1, -0.05) is 0 Å². The maximum absolute atomic E-state index is 13.3. The van der Waals surface area contributed by atoms with Gasteiger partial charge in [-0.25, -0.2) is 0 Å². The van der Waals surface area contributed by atoms with Gasteiger partial charge in [0.15, 0.2) is 0 Å². The van der Waals surface area contributed by atoms with Crippen LogP contribution in [0, 0.1) is 6.92 Å². The predicted octanol–water partition coefficient (Wildman–Crippen LogP) is 3.45. The van der Waals surface area contributed by atoms with Crippen LogP contribution < -0.4 is 10.2 Å². The van der Waals surface area contributed by atoms with Gasteiger partial charge in [-0.15, -0.1) is 0 Å². The van der Waals surface area contributed by atoms with Gasteiger partial charge in [0.2, 0.25) is 5.91 Å². The van der Waals surface area contributed by atoms with E-state index in [1.165, 1.54) is 17.9 Å². The van der Waals surface area contributed by atoms with E-state index in [4.69, 9.17) is 4.74 Å². The van der Waals surface area contributed by atoms with Crippen LogP contribution in [0.1, 0.15) is 43.4 Å². The summed E-state index contributed by atoms with van der Waals surface area (Å²) in [5.74, 6) is 0.0624. The summed E-state index contributed by atoms with van der Waals surface area (Å²) in [4.78, 5) is 13.7. The van der Waals surface area contributed by atoms with Crippen LogP contribution in [0.25, 0.3) is 5.70 Å². The summed E-state index contributed by atoms with van der Waals surface area (Å²) in [6.45, 7) is 5.06. The van der Waals surface area contributed by atoms with E-state index in [2.05, 4.69) is 0 Å². The average Bonchev–Trinajstić information content (AvgIpc) is 2.89. The molecule has 0 unspecified atom stereocenters. The first-order chi connectivity index (χ1) is 11.6. The number of nitrogens with one attached hydrogen (secondary N) is 1. The van der Waals surface area contributed by atoms with Gasteiger partial charge in [-0.3, -0.25) is 15.5 Å². The fourth-order valence-electron chi connectivity index (χ4n) is 3.45. The number of hydrogen-bond acceptors (Lipinski definition) is 4. The van der Waals surface area contributed by atoms with Crippen molar-refractivity contribution in [3.8, 4) is 5.75 Å². The quantitative estimate of drug-likeness (QED) is 0.797. The van der Waals surface area contributed by atoms with E-state index in [1.807, 2.05) is 5.48 Å². The standard InChI is InChI=1S/C17H19F3N2O3/c1-9-10(17(18,19)20)6-7-11-13(9)14(22-8-4-5-12(22)23)15(21-24)16(2,3)25-11/h6-7,21,24H,4-5,8H2,1-3H3. The fourth-order valence-corrected chi connectivity index (χ4v) is 3.45. The van der Waals surface area contributed by atoms with Crippen LogP contribution in [0.2, 0.25) is 0 Å². The Morgan fingerprint density at radius 2 is 2.00 bits per heavy atom. The SMILES string of the molecule is Cc1c(C(F)(F)F)ccc2c1C(N1CCCC1=O)=C(NO)C(C)(C)O2. The zero-order chi connectivity index (χ0) is 18.6. The zero-order valence-electron chi connectivity index (χ0n) is 14.1. The van der Waals surface area contributed by atoms with Gasteiger partial charge in [0.25, 0.3) is 0 Å². The number of hydroxylamine groups is 1. The Kier molecular flexibility index (Phi) is 3.98. The fraction of sp³-hybridized carbons (Fsp3) is 0.471. The highest BCUT2D eigenvalue weighted by molar-refractivity contribution is 5.92. The normalized spacial score (nSPS) is 19.8. The van der Waals surface area contributed by atoms with E-state index in [9.17, 15) is 23.2 Å². The number of ether oxygens (including phenoxy) is 1. The Morgan fingerprint density at radius 1 is 1.32 bits per heavy atom. The third kappa shape index (κ3) is 2.74. The van der Waals surface area contributed by atoms with E-state index in [0.29, 0.717) is 19.4 Å². The van der Waals surface area contributed by atoms with E-state index in [1.54, 1.807) is 13.8 Å². The molecule has 0 saturated carbocycles. The van der Waals surface area contributed by atoms with Crippen molar-refractivity contribution in [2.24, 2.45) is 0 Å². The van der Waals surface area contributed by atoms with Gasteiger partial charge in [0, 0.05) is 18.5 Å². The Morgan fingerprint density at radius 3 is 2.52 bits per heavy atom. The lowest BCUT2D eigenvalue weighted by molar-refractivity contribution is -0.138. The Bertz CT molecular complexity index is 769. The maximum atomic E-state index is 13.3. The molecule has 5 nitrogen and oxygen atoms in total. The summed E-state index contributed by atoms with van der Waals surface area (Å²) in [5.41, 5.74) is 0.773. The molecular weight excluding hydrogens is 337 g/mol. The summed E-state index contributed by atoms with van der Waals surface area (Å²) in [6, 6.07) is 2.24. The summed E-state index contributed by atoms with van der Waals surface area (Å²) in [6.07, 6.45) is -3.61. The van der Waals surface area contributed by atoms with Crippen molar-refractivity contribution in [2.45, 2.75) is 45.4 Å². The molecule has 1 amide bonds. The lowest BCUT2D eigenvalue weighted by atomic mass is 9.90. The first kappa shape index (κ1) is 17.6. The summed E-state index contributed by atoms with van der Waals surface area (Å²) in [7, 11) is 0. The Hall–Kier alpha value is -2.22. The van der Waals surface area contributed by atoms with Crippen LogP contribution in [-0.2, 0) is 11.0 Å². The number of amides is 1. The Balaban J connectivity index is 2.32. The van der Waals surface area contributed by atoms with E-state index >= 15 is 0 Å². The van der Waals surface area contributed by atoms with Crippen molar-refractivity contribution < 1.29 is 27.9 Å². The predicted molar refractivity (Wildman–Crippen MR) is 83.7 cm³/mol. The second kappa shape index (κ2) is 5.66. The molecule has 8 heteroatoms. The average molecular weight is 356 g/mol. The highest BCUT2D eigenvalue weighted by atomic mass is 19.4. The first-order valence-corrected chi connectivity index (χ1v) is 7.93. The molecule has 1 fully saturated rings. The molecule has 0 radical (unpaired) electrons. The molecule has 3 rings (SSSR count). The zero-order valence-corrected chi connectivity index (χ0v) is 14.1. The smallest absolute Gasteiger partial charge is 0.416 e. The maximum Gasteiger partial charge on any atom is 0.416 e. The van der Waals surface area contributed by atoms with Crippen molar-refractivity contribution in [3.05, 3.63) is 34.5 Å². The number of likely N-dealkylation sites (tertiary alicyclic amines) is 1. The number of nitrogens with zero attached hydrogens (tertiary/aromatic N) is 1. The lowest BCUT2D eigenvalue weighted by Gasteiger charge is -2.39. The number of alkyl halides is 3. The van der Waals surface area contributed by atoms with Crippen molar-refractivity contribution in [1.82, 2.24) is 10.4 Å². The summed E-state index contributed by atoms with van der Waals surface area (Å²) in [5, 5.41) is 9.64. The van der Waals surface area contributed by atoms with Crippen LogP contribution in [0.3, 0.4) is 0 Å². The van der Waals surface area contributed by atoms with E-state index in [0.717, 1.165) is 6.07 Å². The summed E-state index contributed by atoms with van der Waals surface area (Å²) < 4.78 is 45.8. The van der Waals surface area contributed by atoms with Crippen molar-refractivity contribution in [1.29, 1.82) is 0 Å². The summed E-state index contributed by atoms with van der Waals surface area (Å²) >= 11 is 0. The molecule has 1 aromatic carbocycles. The third-order valence-corrected chi connectivity index (χ3v) is 4.63. The van der Waals surface area contributed by atoms with Gasteiger partial charge < -0.3 is 9.64 Å². The Labute approximate surface area is 143 Å². The number of fused-ring (bicyclic) bond motifs is 1. The molecule has 2 N–H and O–H groups in total. The molecule has 136 valence electrons. The number of carbonyl (C=O) groups is 1. The topological polar surface area (TPSA) is 61.8 Å². The van der Waals surface area contributed by atoms with Crippen molar-refractivity contribution >= 4 is 11.6 Å². The molecule has 2 heterocycles. The number of rotatable bonds is 2. The molecule has 1 saturated heterocycles. The number of benzene rings is 1. The molecule has 0 spiro atoms. The first-order valence-electron chi connectivity index (χ1n) is 7.93. The second-order valence-corrected chi connectivity index (χ2v) is 6.71. The van der Waals surface area contributed by atoms with Crippen LogP contribution in [0.15, 0.2) is 17.8 Å². The van der Waals surface area contributed by atoms with Crippen LogP contribution in [-0.4, -0.2) is 28.2 Å². The van der Waals surface area contributed by atoms with E-state index < -0.39 is 17.3 Å². The van der Waals surface area contributed by atoms with Crippen LogP contribution in [0.5, 0.6) is 5.75 Å². The minimum atomic E-state index is -4.53. The highest BCUT2D eigenvalue weighted by Crippen LogP contribution is 2.47. The van der Waals surface area contributed by atoms with Gasteiger partial charge >= 0.3 is 6.18 Å². The van der Waals surface area contributed by atoms with Crippen LogP contribution in [0.4, 0.5) is 13.2 Å². The molecule has 25 heavy (non-hydrogen) atoms. The molecule has 0 bridgehead atoms. The largest absolute Gasteiger partial charge is 0.481 e. The molecular formula is C17H19F3N2O3. The van der Waals surface area contributed by atoms with E-state index in [-0.39, 0.29) is 34.2 Å². The molecule has 2 aliphatic heterocycles. The van der Waals surface area contributed by atoms with Crippen LogP contribution >= 0.6 is 0 Å². The van der Waals surface area contributed by atoms with Gasteiger partial charge in [-0.05, 0) is 44.9 Å². The molecule has 1 aromatic rings. The van der Waals surface area contributed by atoms with Gasteiger partial charge in [0.1, 0.15) is 17.0 Å². The highest BCUT2D eigenvalue weighted by Gasteiger charge is 2.43. The van der Waals surface area contributed by atoms with Gasteiger partial charge in [-0.2, -0.15) is 13.2 Å². The second-order valence-electron chi connectivity index (χ2n) is 6.71. The molecule has 2 aliphatic rings. The van der Waals surface area contributed by atoms with Crippen molar-refractivity contribution in [2.75, 3.05) is 6.54 Å².